The molecule has 0 saturated carbocycles. The Morgan fingerprint density at radius 3 is 2.71 bits per heavy atom. The number of rotatable bonds is 4. The molecule has 3 N–H and O–H groups in total. The molecular formula is C9H14N4O. The van der Waals surface area contributed by atoms with Gasteiger partial charge >= 0.3 is 0 Å². The lowest BCUT2D eigenvalue weighted by Crippen LogP contribution is -2.26. The lowest BCUT2D eigenvalue weighted by molar-refractivity contribution is 0.0952. The number of nitrogens with two attached hydrogens (primary N) is 1. The van der Waals surface area contributed by atoms with Gasteiger partial charge in [-0.25, -0.2) is 9.97 Å². The van der Waals surface area contributed by atoms with Gasteiger partial charge in [-0.1, -0.05) is 0 Å². The molecule has 0 aliphatic rings. The van der Waals surface area contributed by atoms with Crippen LogP contribution in [0.15, 0.2) is 12.4 Å². The summed E-state index contributed by atoms with van der Waals surface area (Å²) in [5.74, 6) is 0.502. The molecule has 0 unspecified atom stereocenters. The van der Waals surface area contributed by atoms with Crippen molar-refractivity contribution >= 4 is 5.91 Å². The molecule has 0 spiro atoms. The molecule has 0 aromatic carbocycles. The van der Waals surface area contributed by atoms with E-state index >= 15 is 0 Å². The van der Waals surface area contributed by atoms with Crippen LogP contribution in [0.1, 0.15) is 22.6 Å². The standard InChI is InChI=1S/C9H14N4O/c1-7-12-5-8(6-13-7)9(14)11-4-2-3-10/h5-6H,2-4,10H2,1H3,(H,11,14). The van der Waals surface area contributed by atoms with Crippen LogP contribution in [0.25, 0.3) is 0 Å². The molecule has 0 aliphatic carbocycles. The van der Waals surface area contributed by atoms with E-state index in [4.69, 9.17) is 5.73 Å². The van der Waals surface area contributed by atoms with E-state index in [2.05, 4.69) is 15.3 Å². The Morgan fingerprint density at radius 1 is 1.50 bits per heavy atom. The van der Waals surface area contributed by atoms with Crippen LogP contribution in [0, 0.1) is 6.92 Å². The lowest BCUT2D eigenvalue weighted by Gasteiger charge is -2.03. The smallest absolute Gasteiger partial charge is 0.254 e. The first-order valence-electron chi connectivity index (χ1n) is 4.51. The van der Waals surface area contributed by atoms with Crippen molar-refractivity contribution in [1.82, 2.24) is 15.3 Å². The van der Waals surface area contributed by atoms with Gasteiger partial charge < -0.3 is 11.1 Å². The van der Waals surface area contributed by atoms with Crippen LogP contribution >= 0.6 is 0 Å². The molecule has 76 valence electrons. The molecule has 5 heteroatoms. The van der Waals surface area contributed by atoms with Crippen molar-refractivity contribution in [2.24, 2.45) is 5.73 Å². The fourth-order valence-corrected chi connectivity index (χ4v) is 0.916. The number of aryl methyl sites for hydroxylation is 1. The van der Waals surface area contributed by atoms with Crippen LogP contribution < -0.4 is 11.1 Å². The van der Waals surface area contributed by atoms with E-state index in [0.29, 0.717) is 24.5 Å². The number of nitrogens with zero attached hydrogens (tertiary/aromatic N) is 2. The molecule has 0 radical (unpaired) electrons. The van der Waals surface area contributed by atoms with Crippen LogP contribution in [-0.4, -0.2) is 29.0 Å². The lowest BCUT2D eigenvalue weighted by atomic mass is 10.3. The Balaban J connectivity index is 2.48. The molecule has 0 atom stereocenters. The van der Waals surface area contributed by atoms with Crippen molar-refractivity contribution in [2.75, 3.05) is 13.1 Å². The van der Waals surface area contributed by atoms with Gasteiger partial charge in [0.2, 0.25) is 0 Å². The van der Waals surface area contributed by atoms with Crippen LogP contribution in [0.3, 0.4) is 0 Å². The maximum absolute atomic E-state index is 11.4. The molecule has 1 amide bonds. The zero-order valence-electron chi connectivity index (χ0n) is 8.16. The molecular weight excluding hydrogens is 180 g/mol. The fourth-order valence-electron chi connectivity index (χ4n) is 0.916. The Bertz CT molecular complexity index is 296. The summed E-state index contributed by atoms with van der Waals surface area (Å²) in [6.45, 7) is 2.93. The Kier molecular flexibility index (Phi) is 4.00. The number of nitrogens with one attached hydrogen (secondary N) is 1. The highest BCUT2D eigenvalue weighted by Gasteiger charge is 2.04. The zero-order valence-corrected chi connectivity index (χ0v) is 8.16. The first kappa shape index (κ1) is 10.6. The van der Waals surface area contributed by atoms with E-state index in [1.54, 1.807) is 6.92 Å². The molecule has 0 aliphatic heterocycles. The van der Waals surface area contributed by atoms with Gasteiger partial charge in [0.05, 0.1) is 5.56 Å². The van der Waals surface area contributed by atoms with Gasteiger partial charge in [-0.3, -0.25) is 4.79 Å². The molecule has 5 nitrogen and oxygen atoms in total. The minimum Gasteiger partial charge on any atom is -0.352 e. The Morgan fingerprint density at radius 2 is 2.14 bits per heavy atom. The third-order valence-corrected chi connectivity index (χ3v) is 1.71. The van der Waals surface area contributed by atoms with Crippen LogP contribution in [-0.2, 0) is 0 Å². The number of aromatic nitrogens is 2. The predicted molar refractivity (Wildman–Crippen MR) is 52.8 cm³/mol. The van der Waals surface area contributed by atoms with Gasteiger partial charge in [-0.05, 0) is 19.9 Å². The summed E-state index contributed by atoms with van der Waals surface area (Å²) in [7, 11) is 0. The summed E-state index contributed by atoms with van der Waals surface area (Å²) in [5.41, 5.74) is 5.78. The van der Waals surface area contributed by atoms with Crippen LogP contribution in [0.4, 0.5) is 0 Å². The highest BCUT2D eigenvalue weighted by molar-refractivity contribution is 5.93. The summed E-state index contributed by atoms with van der Waals surface area (Å²) in [5, 5.41) is 2.72. The minimum atomic E-state index is -0.154. The van der Waals surface area contributed by atoms with Gasteiger partial charge in [0, 0.05) is 18.9 Å². The molecule has 1 heterocycles. The highest BCUT2D eigenvalue weighted by atomic mass is 16.1. The van der Waals surface area contributed by atoms with Crippen molar-refractivity contribution in [3.05, 3.63) is 23.8 Å². The first-order valence-corrected chi connectivity index (χ1v) is 4.51. The summed E-state index contributed by atoms with van der Waals surface area (Å²) in [6, 6.07) is 0. The minimum absolute atomic E-state index is 0.154. The SMILES string of the molecule is Cc1ncc(C(=O)NCCCN)cn1. The zero-order chi connectivity index (χ0) is 10.4. The number of hydrogen-bond acceptors (Lipinski definition) is 4. The summed E-state index contributed by atoms with van der Waals surface area (Å²) in [4.78, 5) is 19.3. The molecule has 0 bridgehead atoms. The van der Waals surface area contributed by atoms with Gasteiger partial charge in [-0.15, -0.1) is 0 Å². The average Bonchev–Trinajstić information content (AvgIpc) is 2.19. The van der Waals surface area contributed by atoms with Crippen LogP contribution in [0.2, 0.25) is 0 Å². The van der Waals surface area contributed by atoms with Gasteiger partial charge in [-0.2, -0.15) is 0 Å². The van der Waals surface area contributed by atoms with E-state index in [1.807, 2.05) is 0 Å². The van der Waals surface area contributed by atoms with Crippen molar-refractivity contribution in [1.29, 1.82) is 0 Å². The van der Waals surface area contributed by atoms with Crippen molar-refractivity contribution in [3.63, 3.8) is 0 Å². The maximum atomic E-state index is 11.4. The molecule has 1 aromatic heterocycles. The molecule has 0 fully saturated rings. The summed E-state index contributed by atoms with van der Waals surface area (Å²) >= 11 is 0. The van der Waals surface area contributed by atoms with Gasteiger partial charge in [0.15, 0.2) is 0 Å². The fraction of sp³-hybridized carbons (Fsp3) is 0.444. The topological polar surface area (TPSA) is 80.9 Å². The van der Waals surface area contributed by atoms with E-state index in [1.165, 1.54) is 12.4 Å². The molecule has 1 rings (SSSR count). The monoisotopic (exact) mass is 194 g/mol. The summed E-state index contributed by atoms with van der Waals surface area (Å²) < 4.78 is 0. The number of amides is 1. The van der Waals surface area contributed by atoms with E-state index < -0.39 is 0 Å². The van der Waals surface area contributed by atoms with Crippen molar-refractivity contribution in [3.8, 4) is 0 Å². The second kappa shape index (κ2) is 5.29. The Hall–Kier alpha value is -1.49. The van der Waals surface area contributed by atoms with E-state index in [0.717, 1.165) is 6.42 Å². The maximum Gasteiger partial charge on any atom is 0.254 e. The van der Waals surface area contributed by atoms with Gasteiger partial charge in [0.1, 0.15) is 5.82 Å². The van der Waals surface area contributed by atoms with E-state index in [-0.39, 0.29) is 5.91 Å². The highest BCUT2D eigenvalue weighted by Crippen LogP contribution is 1.94. The summed E-state index contributed by atoms with van der Waals surface area (Å²) in [6.07, 6.45) is 3.80. The first-order chi connectivity index (χ1) is 6.74. The van der Waals surface area contributed by atoms with E-state index in [9.17, 15) is 4.79 Å². The molecule has 14 heavy (non-hydrogen) atoms. The Labute approximate surface area is 82.7 Å². The van der Waals surface area contributed by atoms with Crippen molar-refractivity contribution < 1.29 is 4.79 Å². The number of carbonyl (C=O) groups excluding carboxylic acids is 1. The van der Waals surface area contributed by atoms with Crippen LogP contribution in [0.5, 0.6) is 0 Å². The second-order valence-corrected chi connectivity index (χ2v) is 2.92. The molecule has 0 saturated heterocycles. The molecule has 1 aromatic rings. The number of hydrogen-bond donors (Lipinski definition) is 2. The second-order valence-electron chi connectivity index (χ2n) is 2.92. The average molecular weight is 194 g/mol. The quantitative estimate of drug-likeness (QED) is 0.654. The largest absolute Gasteiger partial charge is 0.352 e. The third-order valence-electron chi connectivity index (χ3n) is 1.71. The van der Waals surface area contributed by atoms with Crippen molar-refractivity contribution in [2.45, 2.75) is 13.3 Å². The number of carbonyl (C=O) groups is 1. The predicted octanol–water partition coefficient (Wildman–Crippen LogP) is -0.136. The third kappa shape index (κ3) is 3.10. The normalized spacial score (nSPS) is 9.86. The van der Waals surface area contributed by atoms with Gasteiger partial charge in [0.25, 0.3) is 5.91 Å².